The number of aromatic nitrogens is 2. The van der Waals surface area contributed by atoms with E-state index < -0.39 is 22.5 Å². The number of hydrogen-bond acceptors (Lipinski definition) is 4. The van der Waals surface area contributed by atoms with Gasteiger partial charge < -0.3 is 9.47 Å². The Balaban J connectivity index is 1.94. The average Bonchev–Trinajstić information content (AvgIpc) is 2.96. The number of nitrogens with zero attached hydrogens (tertiary/aromatic N) is 2. The number of ether oxygens (including phenoxy) is 2. The van der Waals surface area contributed by atoms with Crippen molar-refractivity contribution in [1.82, 2.24) is 9.78 Å². The molecule has 1 aromatic rings. The molecule has 21 heavy (non-hydrogen) atoms. The quantitative estimate of drug-likeness (QED) is 0.799. The first-order valence-corrected chi connectivity index (χ1v) is 7.50. The lowest BCUT2D eigenvalue weighted by atomic mass is 10.0. The van der Waals surface area contributed by atoms with Gasteiger partial charge in [-0.15, -0.1) is 5.10 Å². The van der Waals surface area contributed by atoms with Gasteiger partial charge in [0.1, 0.15) is 11.0 Å². The number of halogens is 1. The van der Waals surface area contributed by atoms with Gasteiger partial charge in [0.25, 0.3) is 0 Å². The van der Waals surface area contributed by atoms with E-state index in [1.165, 1.54) is 13.1 Å². The van der Waals surface area contributed by atoms with Crippen molar-refractivity contribution in [2.75, 3.05) is 6.61 Å². The lowest BCUT2D eigenvalue weighted by Gasteiger charge is -2.25. The Morgan fingerprint density at radius 1 is 1.48 bits per heavy atom. The fourth-order valence-electron chi connectivity index (χ4n) is 1.93. The van der Waals surface area contributed by atoms with Crippen LogP contribution in [0.25, 0.3) is 0 Å². The summed E-state index contributed by atoms with van der Waals surface area (Å²) in [6.45, 7) is 7.12. The van der Waals surface area contributed by atoms with Crippen LogP contribution in [0.3, 0.4) is 0 Å². The topological polar surface area (TPSA) is 53.4 Å². The third-order valence-electron chi connectivity index (χ3n) is 3.53. The maximum Gasteiger partial charge on any atom is 0.435 e. The van der Waals surface area contributed by atoms with Crippen molar-refractivity contribution in [3.8, 4) is 5.88 Å². The minimum atomic E-state index is -1.36. The summed E-state index contributed by atoms with van der Waals surface area (Å²) in [7, 11) is 2.23. The van der Waals surface area contributed by atoms with Crippen LogP contribution in [-0.4, -0.2) is 33.5 Å². The maximum atomic E-state index is 14.0. The molecular formula is C14H22FN2O3P. The van der Waals surface area contributed by atoms with Crippen LogP contribution < -0.4 is 4.74 Å². The van der Waals surface area contributed by atoms with Gasteiger partial charge in [-0.05, 0) is 40.5 Å². The maximum absolute atomic E-state index is 14.0. The van der Waals surface area contributed by atoms with Crippen molar-refractivity contribution in [3.63, 3.8) is 0 Å². The molecule has 0 bridgehead atoms. The van der Waals surface area contributed by atoms with Crippen molar-refractivity contribution in [3.05, 3.63) is 12.3 Å². The summed E-state index contributed by atoms with van der Waals surface area (Å²) in [6, 6.07) is 1.57. The highest BCUT2D eigenvalue weighted by Gasteiger charge is 2.56. The Labute approximate surface area is 126 Å². The second-order valence-corrected chi connectivity index (χ2v) is 7.81. The Kier molecular flexibility index (Phi) is 4.04. The minimum Gasteiger partial charge on any atom is -0.476 e. The van der Waals surface area contributed by atoms with Crippen LogP contribution >= 0.6 is 9.24 Å². The molecule has 7 heteroatoms. The predicted octanol–water partition coefficient (Wildman–Crippen LogP) is 3.39. The first kappa shape index (κ1) is 16.2. The highest BCUT2D eigenvalue weighted by Crippen LogP contribution is 2.58. The summed E-state index contributed by atoms with van der Waals surface area (Å²) < 4.78 is 25.8. The molecule has 1 aromatic heterocycles. The predicted molar refractivity (Wildman–Crippen MR) is 80.2 cm³/mol. The molecule has 1 fully saturated rings. The fourth-order valence-corrected chi connectivity index (χ4v) is 2.30. The molecule has 0 saturated heterocycles. The smallest absolute Gasteiger partial charge is 0.435 e. The molecule has 0 radical (unpaired) electrons. The summed E-state index contributed by atoms with van der Waals surface area (Å²) in [5.41, 5.74) is -1.05. The molecule has 0 aliphatic heterocycles. The van der Waals surface area contributed by atoms with Gasteiger partial charge >= 0.3 is 6.09 Å². The number of carbonyl (C=O) groups is 1. The van der Waals surface area contributed by atoms with Gasteiger partial charge in [0.05, 0.1) is 6.61 Å². The molecule has 0 N–H and O–H groups in total. The number of carbonyl (C=O) groups excluding carboxylic acids is 1. The monoisotopic (exact) mass is 316 g/mol. The van der Waals surface area contributed by atoms with Crippen molar-refractivity contribution >= 4 is 15.3 Å². The molecule has 0 amide bonds. The van der Waals surface area contributed by atoms with Crippen LogP contribution in [0.5, 0.6) is 5.88 Å². The van der Waals surface area contributed by atoms with Gasteiger partial charge in [-0.3, -0.25) is 0 Å². The first-order chi connectivity index (χ1) is 9.52. The summed E-state index contributed by atoms with van der Waals surface area (Å²) >= 11 is 0. The Hall–Kier alpha value is -1.16. The summed E-state index contributed by atoms with van der Waals surface area (Å²) in [4.78, 5) is 11.8. The number of hydrogen-bond donors (Lipinski definition) is 0. The zero-order valence-electron chi connectivity index (χ0n) is 12.9. The fraction of sp³-hybridized carbons (Fsp3) is 0.714. The molecule has 1 aliphatic rings. The van der Waals surface area contributed by atoms with Crippen LogP contribution in [0.4, 0.5) is 9.18 Å². The SMILES string of the molecule is CC(C)(C)OC(=O)n1ccc(OCC2(C(C)(F)P)CC2)n1. The van der Waals surface area contributed by atoms with Crippen LogP contribution in [0.2, 0.25) is 0 Å². The van der Waals surface area contributed by atoms with Crippen molar-refractivity contribution in [2.24, 2.45) is 5.41 Å². The van der Waals surface area contributed by atoms with E-state index in [2.05, 4.69) is 14.3 Å². The molecule has 1 heterocycles. The lowest BCUT2D eigenvalue weighted by Crippen LogP contribution is -2.30. The highest BCUT2D eigenvalue weighted by molar-refractivity contribution is 7.18. The van der Waals surface area contributed by atoms with Crippen LogP contribution in [0.15, 0.2) is 12.3 Å². The van der Waals surface area contributed by atoms with Crippen LogP contribution in [-0.2, 0) is 4.74 Å². The van der Waals surface area contributed by atoms with Crippen molar-refractivity contribution in [1.29, 1.82) is 0 Å². The van der Waals surface area contributed by atoms with Crippen LogP contribution in [0, 0.1) is 5.41 Å². The average molecular weight is 316 g/mol. The molecule has 0 aromatic carbocycles. The van der Waals surface area contributed by atoms with E-state index in [0.717, 1.165) is 17.5 Å². The largest absolute Gasteiger partial charge is 0.476 e. The van der Waals surface area contributed by atoms with E-state index in [4.69, 9.17) is 9.47 Å². The zero-order valence-corrected chi connectivity index (χ0v) is 14.0. The minimum absolute atomic E-state index is 0.245. The van der Waals surface area contributed by atoms with Gasteiger partial charge in [-0.25, -0.2) is 9.18 Å². The second-order valence-electron chi connectivity index (χ2n) is 6.72. The third kappa shape index (κ3) is 3.94. The molecular weight excluding hydrogens is 294 g/mol. The Morgan fingerprint density at radius 2 is 2.10 bits per heavy atom. The molecule has 2 atom stereocenters. The first-order valence-electron chi connectivity index (χ1n) is 6.92. The Morgan fingerprint density at radius 3 is 2.57 bits per heavy atom. The second kappa shape index (κ2) is 5.24. The normalized spacial score (nSPS) is 19.7. The van der Waals surface area contributed by atoms with Crippen molar-refractivity contribution in [2.45, 2.75) is 51.5 Å². The van der Waals surface area contributed by atoms with E-state index >= 15 is 0 Å². The van der Waals surface area contributed by atoms with Gasteiger partial charge in [0, 0.05) is 17.7 Å². The van der Waals surface area contributed by atoms with Gasteiger partial charge in [0.15, 0.2) is 0 Å². The standard InChI is InChI=1S/C14H22FN2O3P/c1-12(2,3)20-11(18)17-8-5-10(16-17)19-9-14(6-7-14)13(4,15)21/h5,8H,6-7,9,21H2,1-4H3. The van der Waals surface area contributed by atoms with Crippen molar-refractivity contribution < 1.29 is 18.7 Å². The molecule has 1 aliphatic carbocycles. The molecule has 2 unspecified atom stereocenters. The van der Waals surface area contributed by atoms with Gasteiger partial charge in [-0.1, -0.05) is 9.24 Å². The molecule has 2 rings (SSSR count). The molecule has 118 valence electrons. The number of rotatable bonds is 4. The van der Waals surface area contributed by atoms with E-state index in [1.54, 1.807) is 26.8 Å². The van der Waals surface area contributed by atoms with E-state index in [9.17, 15) is 9.18 Å². The van der Waals surface area contributed by atoms with E-state index in [1.807, 2.05) is 0 Å². The highest BCUT2D eigenvalue weighted by atomic mass is 31.0. The van der Waals surface area contributed by atoms with Gasteiger partial charge in [-0.2, -0.15) is 4.68 Å². The lowest BCUT2D eigenvalue weighted by molar-refractivity contribution is 0.0509. The molecule has 0 spiro atoms. The number of alkyl halides is 1. The third-order valence-corrected chi connectivity index (χ3v) is 4.14. The van der Waals surface area contributed by atoms with Gasteiger partial charge in [0.2, 0.25) is 5.88 Å². The Bertz CT molecular complexity index is 527. The molecule has 1 saturated carbocycles. The van der Waals surface area contributed by atoms with E-state index in [0.29, 0.717) is 5.88 Å². The summed E-state index contributed by atoms with van der Waals surface area (Å²) in [5, 5.41) is 2.64. The van der Waals surface area contributed by atoms with Crippen LogP contribution in [0.1, 0.15) is 40.5 Å². The summed E-state index contributed by atoms with van der Waals surface area (Å²) in [6.07, 6.45) is 2.48. The molecule has 5 nitrogen and oxygen atoms in total. The zero-order chi connectivity index (χ0) is 15.9. The summed E-state index contributed by atoms with van der Waals surface area (Å²) in [5.74, 6) is 0.293. The van der Waals surface area contributed by atoms with E-state index in [-0.39, 0.29) is 6.61 Å².